The topological polar surface area (TPSA) is 76.4 Å². The highest BCUT2D eigenvalue weighted by atomic mass is 16.5. The molecule has 0 saturated heterocycles. The lowest BCUT2D eigenvalue weighted by Crippen LogP contribution is -2.39. The Morgan fingerprint density at radius 1 is 1.27 bits per heavy atom. The van der Waals surface area contributed by atoms with Gasteiger partial charge in [-0.2, -0.15) is 0 Å². The van der Waals surface area contributed by atoms with Crippen LogP contribution in [0.15, 0.2) is 35.6 Å². The Hall–Kier alpha value is -2.57. The molecule has 0 saturated carbocycles. The highest BCUT2D eigenvalue weighted by Gasteiger charge is 2.02. The Kier molecular flexibility index (Phi) is 5.76. The second-order valence-corrected chi connectivity index (χ2v) is 4.87. The maximum Gasteiger partial charge on any atom is 0.191 e. The van der Waals surface area contributed by atoms with Crippen LogP contribution in [0.2, 0.25) is 0 Å². The Morgan fingerprint density at radius 3 is 2.68 bits per heavy atom. The van der Waals surface area contributed by atoms with E-state index in [2.05, 4.69) is 32.7 Å². The van der Waals surface area contributed by atoms with Crippen molar-refractivity contribution in [2.45, 2.75) is 13.5 Å². The van der Waals surface area contributed by atoms with E-state index in [0.29, 0.717) is 25.7 Å². The highest BCUT2D eigenvalue weighted by molar-refractivity contribution is 5.79. The van der Waals surface area contributed by atoms with E-state index in [1.807, 2.05) is 35.9 Å². The van der Waals surface area contributed by atoms with Crippen LogP contribution in [0.4, 0.5) is 0 Å². The predicted molar refractivity (Wildman–Crippen MR) is 85.9 cm³/mol. The number of ether oxygens (including phenoxy) is 1. The standard InChI is InChI=1S/C15H22N6O/c1-12-4-6-13(7-5-12)22-9-8-17-15(16-2)18-10-14-20-19-11-21(14)3/h4-7,11H,8-10H2,1-3H3,(H2,16,17,18). The van der Waals surface area contributed by atoms with Crippen LogP contribution in [0.25, 0.3) is 0 Å². The zero-order valence-corrected chi connectivity index (χ0v) is 13.2. The van der Waals surface area contributed by atoms with Gasteiger partial charge in [-0.15, -0.1) is 10.2 Å². The first-order chi connectivity index (χ1) is 10.7. The van der Waals surface area contributed by atoms with Crippen molar-refractivity contribution in [3.63, 3.8) is 0 Å². The number of hydrogen-bond donors (Lipinski definition) is 2. The number of aliphatic imine (C=N–C) groups is 1. The summed E-state index contributed by atoms with van der Waals surface area (Å²) in [5.41, 5.74) is 1.22. The lowest BCUT2D eigenvalue weighted by molar-refractivity contribution is 0.322. The van der Waals surface area contributed by atoms with Gasteiger partial charge in [0, 0.05) is 14.1 Å². The van der Waals surface area contributed by atoms with Gasteiger partial charge in [0.2, 0.25) is 0 Å². The number of nitrogens with one attached hydrogen (secondary N) is 2. The molecule has 22 heavy (non-hydrogen) atoms. The van der Waals surface area contributed by atoms with Gasteiger partial charge >= 0.3 is 0 Å². The molecule has 0 aliphatic heterocycles. The van der Waals surface area contributed by atoms with Crippen LogP contribution < -0.4 is 15.4 Å². The smallest absolute Gasteiger partial charge is 0.191 e. The summed E-state index contributed by atoms with van der Waals surface area (Å²) < 4.78 is 7.52. The third kappa shape index (κ3) is 4.76. The summed E-state index contributed by atoms with van der Waals surface area (Å²) in [6, 6.07) is 8.00. The molecule has 0 aliphatic carbocycles. The maximum atomic E-state index is 5.65. The van der Waals surface area contributed by atoms with Crippen LogP contribution in [-0.2, 0) is 13.6 Å². The van der Waals surface area contributed by atoms with E-state index in [1.54, 1.807) is 13.4 Å². The molecule has 0 unspecified atom stereocenters. The van der Waals surface area contributed by atoms with E-state index in [-0.39, 0.29) is 0 Å². The van der Waals surface area contributed by atoms with Crippen molar-refractivity contribution in [2.24, 2.45) is 12.0 Å². The third-order valence-electron chi connectivity index (χ3n) is 3.13. The van der Waals surface area contributed by atoms with Gasteiger partial charge in [0.05, 0.1) is 13.1 Å². The molecule has 2 rings (SSSR count). The molecule has 118 valence electrons. The molecule has 2 aromatic rings. The Bertz CT molecular complexity index is 605. The average molecular weight is 302 g/mol. The van der Waals surface area contributed by atoms with Crippen LogP contribution in [0.3, 0.4) is 0 Å². The number of rotatable bonds is 6. The molecule has 0 fully saturated rings. The SMILES string of the molecule is CN=C(NCCOc1ccc(C)cc1)NCc1nncn1C. The quantitative estimate of drug-likeness (QED) is 0.470. The summed E-state index contributed by atoms with van der Waals surface area (Å²) in [6.45, 7) is 3.84. The van der Waals surface area contributed by atoms with Crippen LogP contribution >= 0.6 is 0 Å². The number of guanidine groups is 1. The largest absolute Gasteiger partial charge is 0.492 e. The van der Waals surface area contributed by atoms with Gasteiger partial charge in [0.1, 0.15) is 18.7 Å². The van der Waals surface area contributed by atoms with Crippen molar-refractivity contribution in [2.75, 3.05) is 20.2 Å². The second-order valence-electron chi connectivity index (χ2n) is 4.87. The molecule has 2 N–H and O–H groups in total. The number of benzene rings is 1. The molecule has 0 spiro atoms. The molecule has 1 aromatic heterocycles. The lowest BCUT2D eigenvalue weighted by Gasteiger charge is -2.12. The Labute approximate surface area is 130 Å². The van der Waals surface area contributed by atoms with Crippen LogP contribution in [0, 0.1) is 6.92 Å². The average Bonchev–Trinajstić information content (AvgIpc) is 2.93. The maximum absolute atomic E-state index is 5.65. The first kappa shape index (κ1) is 15.8. The summed E-state index contributed by atoms with van der Waals surface area (Å²) in [6.07, 6.45) is 1.67. The third-order valence-corrected chi connectivity index (χ3v) is 3.13. The van der Waals surface area contributed by atoms with Gasteiger partial charge in [-0.1, -0.05) is 17.7 Å². The van der Waals surface area contributed by atoms with E-state index in [1.165, 1.54) is 5.56 Å². The Morgan fingerprint density at radius 2 is 2.05 bits per heavy atom. The fourth-order valence-corrected chi connectivity index (χ4v) is 1.82. The molecule has 7 nitrogen and oxygen atoms in total. The van der Waals surface area contributed by atoms with Gasteiger partial charge < -0.3 is 19.9 Å². The molecule has 0 radical (unpaired) electrons. The van der Waals surface area contributed by atoms with Gasteiger partial charge in [-0.3, -0.25) is 4.99 Å². The molecule has 1 aromatic carbocycles. The molecule has 0 aliphatic rings. The van der Waals surface area contributed by atoms with E-state index < -0.39 is 0 Å². The lowest BCUT2D eigenvalue weighted by atomic mass is 10.2. The van der Waals surface area contributed by atoms with Crippen molar-refractivity contribution in [1.82, 2.24) is 25.4 Å². The molecular formula is C15H22N6O. The minimum atomic E-state index is 0.563. The van der Waals surface area contributed by atoms with Gasteiger partial charge in [-0.05, 0) is 19.1 Å². The summed E-state index contributed by atoms with van der Waals surface area (Å²) in [5, 5.41) is 14.2. The van der Waals surface area contributed by atoms with Crippen LogP contribution in [0.5, 0.6) is 5.75 Å². The second kappa shape index (κ2) is 8.02. The summed E-state index contributed by atoms with van der Waals surface area (Å²) in [7, 11) is 3.63. The first-order valence-corrected chi connectivity index (χ1v) is 7.16. The van der Waals surface area contributed by atoms with E-state index >= 15 is 0 Å². The van der Waals surface area contributed by atoms with E-state index in [4.69, 9.17) is 4.74 Å². The van der Waals surface area contributed by atoms with Crippen molar-refractivity contribution < 1.29 is 4.74 Å². The molecule has 0 bridgehead atoms. The van der Waals surface area contributed by atoms with Crippen LogP contribution in [0.1, 0.15) is 11.4 Å². The van der Waals surface area contributed by atoms with Gasteiger partial charge in [0.25, 0.3) is 0 Å². The van der Waals surface area contributed by atoms with Gasteiger partial charge in [0.15, 0.2) is 11.8 Å². The van der Waals surface area contributed by atoms with Crippen molar-refractivity contribution in [3.8, 4) is 5.75 Å². The zero-order chi connectivity index (χ0) is 15.8. The van der Waals surface area contributed by atoms with Gasteiger partial charge in [-0.25, -0.2) is 0 Å². The number of aromatic nitrogens is 3. The monoisotopic (exact) mass is 302 g/mol. The Balaban J connectivity index is 1.68. The fraction of sp³-hybridized carbons (Fsp3) is 0.400. The molecule has 0 amide bonds. The normalized spacial score (nSPS) is 11.3. The first-order valence-electron chi connectivity index (χ1n) is 7.16. The minimum Gasteiger partial charge on any atom is -0.492 e. The zero-order valence-electron chi connectivity index (χ0n) is 13.2. The van der Waals surface area contributed by atoms with Crippen LogP contribution in [-0.4, -0.2) is 40.9 Å². The van der Waals surface area contributed by atoms with Crippen molar-refractivity contribution >= 4 is 5.96 Å². The molecule has 7 heteroatoms. The van der Waals surface area contributed by atoms with E-state index in [9.17, 15) is 0 Å². The molecular weight excluding hydrogens is 280 g/mol. The predicted octanol–water partition coefficient (Wildman–Crippen LogP) is 0.868. The highest BCUT2D eigenvalue weighted by Crippen LogP contribution is 2.10. The number of nitrogens with zero attached hydrogens (tertiary/aromatic N) is 4. The number of aryl methyl sites for hydroxylation is 2. The van der Waals surface area contributed by atoms with E-state index in [0.717, 1.165) is 11.6 Å². The fourth-order valence-electron chi connectivity index (χ4n) is 1.82. The summed E-state index contributed by atoms with van der Waals surface area (Å²) >= 11 is 0. The van der Waals surface area contributed by atoms with Crippen molar-refractivity contribution in [3.05, 3.63) is 42.0 Å². The minimum absolute atomic E-state index is 0.563. The number of hydrogen-bond acceptors (Lipinski definition) is 4. The summed E-state index contributed by atoms with van der Waals surface area (Å²) in [4.78, 5) is 4.15. The molecule has 1 heterocycles. The van der Waals surface area contributed by atoms with Crippen molar-refractivity contribution in [1.29, 1.82) is 0 Å². The molecule has 0 atom stereocenters. The summed E-state index contributed by atoms with van der Waals surface area (Å²) in [5.74, 6) is 2.42.